The molecular weight excluding hydrogens is 324 g/mol. The molecule has 1 aromatic heterocycles. The summed E-state index contributed by atoms with van der Waals surface area (Å²) in [6.45, 7) is 4.82. The molecule has 0 spiro atoms. The number of aromatic nitrogens is 1. The monoisotopic (exact) mass is 350 g/mol. The van der Waals surface area contributed by atoms with Crippen molar-refractivity contribution in [2.24, 2.45) is 0 Å². The maximum absolute atomic E-state index is 13.0. The number of hydrogen-bond donors (Lipinski definition) is 1. The minimum absolute atomic E-state index is 0.126. The molecule has 2 saturated heterocycles. The fourth-order valence-electron chi connectivity index (χ4n) is 3.94. The highest BCUT2D eigenvalue weighted by Crippen LogP contribution is 2.32. The van der Waals surface area contributed by atoms with Gasteiger partial charge in [0.1, 0.15) is 5.82 Å². The lowest BCUT2D eigenvalue weighted by atomic mass is 9.95. The Hall–Kier alpha value is -2.40. The second-order valence-electron chi connectivity index (χ2n) is 7.06. The molecule has 26 heavy (non-hydrogen) atoms. The first-order valence-electron chi connectivity index (χ1n) is 9.60. The first kappa shape index (κ1) is 17.0. The molecule has 2 aromatic rings. The summed E-state index contributed by atoms with van der Waals surface area (Å²) in [5, 5.41) is 3.37. The summed E-state index contributed by atoms with van der Waals surface area (Å²) < 4.78 is 0. The molecule has 1 amide bonds. The number of likely N-dealkylation sites (tertiary alicyclic amines) is 1. The van der Waals surface area contributed by atoms with Crippen molar-refractivity contribution in [2.75, 3.05) is 37.6 Å². The topological polar surface area (TPSA) is 48.5 Å². The zero-order chi connectivity index (χ0) is 17.8. The molecule has 4 rings (SSSR count). The van der Waals surface area contributed by atoms with Crippen LogP contribution in [0.4, 0.5) is 5.82 Å². The van der Waals surface area contributed by atoms with E-state index >= 15 is 0 Å². The van der Waals surface area contributed by atoms with Gasteiger partial charge in [-0.15, -0.1) is 0 Å². The van der Waals surface area contributed by atoms with E-state index in [1.54, 1.807) is 0 Å². The van der Waals surface area contributed by atoms with Gasteiger partial charge in [-0.3, -0.25) is 4.79 Å². The van der Waals surface area contributed by atoms with Gasteiger partial charge < -0.3 is 15.1 Å². The number of nitrogens with one attached hydrogen (secondary N) is 1. The quantitative estimate of drug-likeness (QED) is 0.925. The van der Waals surface area contributed by atoms with Gasteiger partial charge in [-0.25, -0.2) is 4.98 Å². The van der Waals surface area contributed by atoms with E-state index in [1.807, 2.05) is 41.4 Å². The Balaban J connectivity index is 1.53. The molecule has 0 saturated carbocycles. The smallest absolute Gasteiger partial charge is 0.254 e. The molecule has 0 unspecified atom stereocenters. The Morgan fingerprint density at radius 3 is 2.54 bits per heavy atom. The molecule has 0 radical (unpaired) electrons. The predicted molar refractivity (Wildman–Crippen MR) is 103 cm³/mol. The number of piperazine rings is 1. The number of benzene rings is 1. The Bertz CT molecular complexity index is 725. The lowest BCUT2D eigenvalue weighted by Gasteiger charge is -2.36. The highest BCUT2D eigenvalue weighted by molar-refractivity contribution is 5.94. The number of anilines is 1. The maximum Gasteiger partial charge on any atom is 0.254 e. The molecule has 2 aliphatic rings. The largest absolute Gasteiger partial charge is 0.354 e. The molecule has 3 heterocycles. The number of piperidine rings is 1. The summed E-state index contributed by atoms with van der Waals surface area (Å²) in [6, 6.07) is 14.0. The Kier molecular flexibility index (Phi) is 5.16. The van der Waals surface area contributed by atoms with Crippen LogP contribution in [-0.4, -0.2) is 48.5 Å². The SMILES string of the molecule is O=C(c1ccccc1)N1CCCC[C@@H]1c1ccc(N2CCNCC2)nc1. The fraction of sp³-hybridized carbons (Fsp3) is 0.429. The first-order valence-corrected chi connectivity index (χ1v) is 9.60. The van der Waals surface area contributed by atoms with Crippen LogP contribution in [0.15, 0.2) is 48.7 Å². The minimum Gasteiger partial charge on any atom is -0.354 e. The molecule has 5 heteroatoms. The van der Waals surface area contributed by atoms with Crippen LogP contribution in [0.25, 0.3) is 0 Å². The van der Waals surface area contributed by atoms with Crippen LogP contribution in [0.1, 0.15) is 41.2 Å². The summed E-state index contributed by atoms with van der Waals surface area (Å²) in [6.07, 6.45) is 5.20. The Morgan fingerprint density at radius 1 is 1.00 bits per heavy atom. The average Bonchev–Trinajstić information content (AvgIpc) is 2.75. The molecule has 1 N–H and O–H groups in total. The third-order valence-electron chi connectivity index (χ3n) is 5.38. The molecule has 0 bridgehead atoms. The van der Waals surface area contributed by atoms with Crippen LogP contribution in [0.2, 0.25) is 0 Å². The molecular formula is C21H26N4O. The molecule has 2 aliphatic heterocycles. The maximum atomic E-state index is 13.0. The van der Waals surface area contributed by atoms with E-state index in [4.69, 9.17) is 4.98 Å². The summed E-state index contributed by atoms with van der Waals surface area (Å²) in [4.78, 5) is 22.0. The number of carbonyl (C=O) groups is 1. The van der Waals surface area contributed by atoms with Crippen LogP contribution in [0, 0.1) is 0 Å². The van der Waals surface area contributed by atoms with Gasteiger partial charge in [-0.05, 0) is 43.0 Å². The second-order valence-corrected chi connectivity index (χ2v) is 7.06. The number of pyridine rings is 1. The van der Waals surface area contributed by atoms with Crippen LogP contribution in [0.5, 0.6) is 0 Å². The predicted octanol–water partition coefficient (Wildman–Crippen LogP) is 2.86. The summed E-state index contributed by atoms with van der Waals surface area (Å²) in [5.41, 5.74) is 1.91. The van der Waals surface area contributed by atoms with Gasteiger partial charge in [0, 0.05) is 44.5 Å². The summed E-state index contributed by atoms with van der Waals surface area (Å²) in [7, 11) is 0. The van der Waals surface area contributed by atoms with Gasteiger partial charge in [0.25, 0.3) is 5.91 Å². The van der Waals surface area contributed by atoms with E-state index in [1.165, 1.54) is 0 Å². The summed E-state index contributed by atoms with van der Waals surface area (Å²) in [5.74, 6) is 1.16. The summed E-state index contributed by atoms with van der Waals surface area (Å²) >= 11 is 0. The minimum atomic E-state index is 0.126. The van der Waals surface area contributed by atoms with Crippen molar-refractivity contribution >= 4 is 11.7 Å². The van der Waals surface area contributed by atoms with Crippen molar-refractivity contribution in [3.05, 3.63) is 59.8 Å². The lowest BCUT2D eigenvalue weighted by molar-refractivity contribution is 0.0611. The van der Waals surface area contributed by atoms with Crippen molar-refractivity contribution < 1.29 is 4.79 Å². The normalized spacial score (nSPS) is 20.8. The molecule has 1 aromatic carbocycles. The van der Waals surface area contributed by atoms with E-state index in [2.05, 4.69) is 22.3 Å². The Labute approximate surface area is 155 Å². The van der Waals surface area contributed by atoms with Gasteiger partial charge in [-0.2, -0.15) is 0 Å². The first-order chi connectivity index (χ1) is 12.8. The fourth-order valence-corrected chi connectivity index (χ4v) is 3.94. The van der Waals surface area contributed by atoms with E-state index in [0.29, 0.717) is 0 Å². The lowest BCUT2D eigenvalue weighted by Crippen LogP contribution is -2.44. The number of nitrogens with zero attached hydrogens (tertiary/aromatic N) is 3. The van der Waals surface area contributed by atoms with Crippen LogP contribution >= 0.6 is 0 Å². The molecule has 1 atom stereocenters. The third-order valence-corrected chi connectivity index (χ3v) is 5.38. The van der Waals surface area contributed by atoms with Gasteiger partial charge in [0.05, 0.1) is 6.04 Å². The van der Waals surface area contributed by atoms with Crippen molar-refractivity contribution in [1.29, 1.82) is 0 Å². The highest BCUT2D eigenvalue weighted by Gasteiger charge is 2.29. The van der Waals surface area contributed by atoms with Crippen LogP contribution in [-0.2, 0) is 0 Å². The van der Waals surface area contributed by atoms with Gasteiger partial charge in [0.2, 0.25) is 0 Å². The van der Waals surface area contributed by atoms with Crippen molar-refractivity contribution in [1.82, 2.24) is 15.2 Å². The number of amides is 1. The van der Waals surface area contributed by atoms with Gasteiger partial charge >= 0.3 is 0 Å². The number of rotatable bonds is 3. The van der Waals surface area contributed by atoms with Crippen molar-refractivity contribution in [2.45, 2.75) is 25.3 Å². The molecule has 5 nitrogen and oxygen atoms in total. The van der Waals surface area contributed by atoms with Crippen molar-refractivity contribution in [3.63, 3.8) is 0 Å². The van der Waals surface area contributed by atoms with E-state index < -0.39 is 0 Å². The Morgan fingerprint density at radius 2 is 1.81 bits per heavy atom. The van der Waals surface area contributed by atoms with E-state index in [0.717, 1.165) is 68.9 Å². The zero-order valence-electron chi connectivity index (χ0n) is 15.1. The van der Waals surface area contributed by atoms with Crippen LogP contribution < -0.4 is 10.2 Å². The van der Waals surface area contributed by atoms with Gasteiger partial charge in [-0.1, -0.05) is 24.3 Å². The third kappa shape index (κ3) is 3.58. The van der Waals surface area contributed by atoms with Crippen molar-refractivity contribution in [3.8, 4) is 0 Å². The highest BCUT2D eigenvalue weighted by atomic mass is 16.2. The zero-order valence-corrected chi connectivity index (χ0v) is 15.1. The molecule has 0 aliphatic carbocycles. The van der Waals surface area contributed by atoms with E-state index in [9.17, 15) is 4.79 Å². The second kappa shape index (κ2) is 7.87. The molecule has 2 fully saturated rings. The number of carbonyl (C=O) groups excluding carboxylic acids is 1. The molecule has 136 valence electrons. The number of hydrogen-bond acceptors (Lipinski definition) is 4. The van der Waals surface area contributed by atoms with Crippen LogP contribution in [0.3, 0.4) is 0 Å². The van der Waals surface area contributed by atoms with Gasteiger partial charge in [0.15, 0.2) is 0 Å². The van der Waals surface area contributed by atoms with E-state index in [-0.39, 0.29) is 11.9 Å². The average molecular weight is 350 g/mol. The standard InChI is InChI=1S/C21H26N4O/c26-21(17-6-2-1-3-7-17)25-13-5-4-8-19(25)18-9-10-20(23-16-18)24-14-11-22-12-15-24/h1-3,6-7,9-10,16,19,22H,4-5,8,11-15H2/t19-/m1/s1.